The molecule has 0 bridgehead atoms. The molecule has 0 saturated carbocycles. The smallest absolute Gasteiger partial charge is 0.258 e. The average molecular weight is 484 g/mol. The van der Waals surface area contributed by atoms with Crippen LogP contribution in [0, 0.1) is 0 Å². The molecular weight excluding hydrogens is 458 g/mol. The van der Waals surface area contributed by atoms with Gasteiger partial charge in [0.15, 0.2) is 0 Å². The number of hydrogen-bond donors (Lipinski definition) is 3. The molecule has 1 atom stereocenters. The third-order valence-electron chi connectivity index (χ3n) is 6.05. The fraction of sp³-hybridized carbons (Fsp3) is 0.185. The third kappa shape index (κ3) is 5.45. The van der Waals surface area contributed by atoms with Crippen LogP contribution in [0.5, 0.6) is 0 Å². The standard InChI is InChI=1S/C27H25N5O2S/c33-26(23-13-20(19-6-9-28-10-7-19)14-24-22(23)8-11-29-24)32-27(34)25(12-18-4-2-1-3-5-18)30-15-21-16-35-17-31-21/h1-7,9-10,13-14,16-17,25,29-30H,8,11-12,15H2,(H,32,33,34). The van der Waals surface area contributed by atoms with E-state index in [2.05, 4.69) is 25.9 Å². The zero-order valence-electron chi connectivity index (χ0n) is 19.0. The summed E-state index contributed by atoms with van der Waals surface area (Å²) in [7, 11) is 0. The normalized spacial score (nSPS) is 13.0. The van der Waals surface area contributed by atoms with Crippen LogP contribution in [0.1, 0.15) is 27.2 Å². The molecule has 0 saturated heterocycles. The van der Waals surface area contributed by atoms with E-state index in [0.717, 1.165) is 46.6 Å². The second kappa shape index (κ2) is 10.6. The van der Waals surface area contributed by atoms with Crippen LogP contribution in [-0.4, -0.2) is 34.4 Å². The minimum Gasteiger partial charge on any atom is -0.384 e. The Kier molecular flexibility index (Phi) is 6.92. The average Bonchev–Trinajstić information content (AvgIpc) is 3.59. The van der Waals surface area contributed by atoms with Gasteiger partial charge in [0.25, 0.3) is 5.91 Å². The Morgan fingerprint density at radius 3 is 2.66 bits per heavy atom. The number of imide groups is 1. The van der Waals surface area contributed by atoms with E-state index in [1.54, 1.807) is 17.9 Å². The van der Waals surface area contributed by atoms with Crippen molar-refractivity contribution < 1.29 is 9.59 Å². The highest BCUT2D eigenvalue weighted by Gasteiger charge is 2.25. The molecule has 176 valence electrons. The van der Waals surface area contributed by atoms with Crippen LogP contribution in [0.2, 0.25) is 0 Å². The predicted octanol–water partition coefficient (Wildman–Crippen LogP) is 3.83. The van der Waals surface area contributed by atoms with Crippen molar-refractivity contribution in [3.8, 4) is 11.1 Å². The Bertz CT molecular complexity index is 1310. The molecule has 5 rings (SSSR count). The largest absolute Gasteiger partial charge is 0.384 e. The van der Waals surface area contributed by atoms with Crippen molar-refractivity contribution in [2.75, 3.05) is 11.9 Å². The quantitative estimate of drug-likeness (QED) is 0.353. The number of carbonyl (C=O) groups is 2. The number of hydrogen-bond acceptors (Lipinski definition) is 7. The molecule has 0 fully saturated rings. The number of rotatable bonds is 8. The summed E-state index contributed by atoms with van der Waals surface area (Å²) in [4.78, 5) is 35.1. The third-order valence-corrected chi connectivity index (χ3v) is 6.68. The van der Waals surface area contributed by atoms with Gasteiger partial charge in [0, 0.05) is 42.1 Å². The minimum atomic E-state index is -0.586. The first-order valence-corrected chi connectivity index (χ1v) is 12.4. The summed E-state index contributed by atoms with van der Waals surface area (Å²) in [5, 5.41) is 11.2. The fourth-order valence-corrected chi connectivity index (χ4v) is 4.82. The Labute approximate surface area is 207 Å². The van der Waals surface area contributed by atoms with Crippen LogP contribution in [0.3, 0.4) is 0 Å². The molecule has 0 radical (unpaired) electrons. The number of nitrogens with one attached hydrogen (secondary N) is 3. The number of nitrogens with zero attached hydrogens (tertiary/aromatic N) is 2. The van der Waals surface area contributed by atoms with E-state index in [1.807, 2.05) is 60.0 Å². The van der Waals surface area contributed by atoms with Crippen molar-refractivity contribution in [3.05, 3.63) is 100 Å². The lowest BCUT2D eigenvalue weighted by Crippen LogP contribution is -2.47. The summed E-state index contributed by atoms with van der Waals surface area (Å²) in [6.07, 6.45) is 4.64. The van der Waals surface area contributed by atoms with Gasteiger partial charge in [0.1, 0.15) is 0 Å². The molecule has 3 N–H and O–H groups in total. The predicted molar refractivity (Wildman–Crippen MR) is 137 cm³/mol. The highest BCUT2D eigenvalue weighted by atomic mass is 32.1. The van der Waals surface area contributed by atoms with Gasteiger partial charge < -0.3 is 5.32 Å². The summed E-state index contributed by atoms with van der Waals surface area (Å²) >= 11 is 1.51. The van der Waals surface area contributed by atoms with Gasteiger partial charge in [-0.25, -0.2) is 4.98 Å². The molecule has 2 aromatic heterocycles. The molecule has 8 heteroatoms. The molecule has 2 aromatic carbocycles. The SMILES string of the molecule is O=C(NC(=O)C(Cc1ccccc1)NCc1cscn1)c1cc(-c2ccncc2)cc2c1CCN2. The zero-order valence-corrected chi connectivity index (χ0v) is 19.8. The number of thiazole rings is 1. The van der Waals surface area contributed by atoms with Crippen LogP contribution in [-0.2, 0) is 24.2 Å². The maximum Gasteiger partial charge on any atom is 0.258 e. The molecule has 4 aromatic rings. The second-order valence-electron chi connectivity index (χ2n) is 8.38. The Balaban J connectivity index is 1.37. The van der Waals surface area contributed by atoms with Gasteiger partial charge in [-0.3, -0.25) is 25.2 Å². The lowest BCUT2D eigenvalue weighted by atomic mass is 9.97. The second-order valence-corrected chi connectivity index (χ2v) is 9.10. The van der Waals surface area contributed by atoms with Crippen LogP contribution in [0.4, 0.5) is 5.69 Å². The van der Waals surface area contributed by atoms with Gasteiger partial charge in [0.05, 0.1) is 17.2 Å². The molecule has 0 spiro atoms. The summed E-state index contributed by atoms with van der Waals surface area (Å²) in [6.45, 7) is 1.20. The monoisotopic (exact) mass is 483 g/mol. The van der Waals surface area contributed by atoms with Gasteiger partial charge >= 0.3 is 0 Å². The summed E-state index contributed by atoms with van der Waals surface area (Å²) < 4.78 is 0. The van der Waals surface area contributed by atoms with E-state index in [9.17, 15) is 9.59 Å². The Morgan fingerprint density at radius 1 is 1.06 bits per heavy atom. The summed E-state index contributed by atoms with van der Waals surface area (Å²) in [5.74, 6) is -0.748. The number of anilines is 1. The first-order valence-electron chi connectivity index (χ1n) is 11.5. The lowest BCUT2D eigenvalue weighted by Gasteiger charge is -2.18. The van der Waals surface area contributed by atoms with E-state index in [0.29, 0.717) is 18.5 Å². The van der Waals surface area contributed by atoms with E-state index >= 15 is 0 Å². The van der Waals surface area contributed by atoms with Crippen LogP contribution in [0.15, 0.2) is 77.9 Å². The lowest BCUT2D eigenvalue weighted by molar-refractivity contribution is -0.122. The van der Waals surface area contributed by atoms with Crippen LogP contribution in [0.25, 0.3) is 11.1 Å². The van der Waals surface area contributed by atoms with Gasteiger partial charge in [-0.1, -0.05) is 30.3 Å². The highest BCUT2D eigenvalue weighted by molar-refractivity contribution is 7.07. The first kappa shape index (κ1) is 22.9. The highest BCUT2D eigenvalue weighted by Crippen LogP contribution is 2.32. The van der Waals surface area contributed by atoms with Crippen molar-refractivity contribution in [3.63, 3.8) is 0 Å². The van der Waals surface area contributed by atoms with Crippen LogP contribution < -0.4 is 16.0 Å². The van der Waals surface area contributed by atoms with Gasteiger partial charge in [-0.05, 0) is 59.4 Å². The van der Waals surface area contributed by atoms with Crippen molar-refractivity contribution in [1.29, 1.82) is 0 Å². The number of amides is 2. The van der Waals surface area contributed by atoms with E-state index in [4.69, 9.17) is 0 Å². The van der Waals surface area contributed by atoms with Crippen LogP contribution >= 0.6 is 11.3 Å². The molecule has 2 amide bonds. The maximum atomic E-state index is 13.4. The molecule has 7 nitrogen and oxygen atoms in total. The molecule has 35 heavy (non-hydrogen) atoms. The van der Waals surface area contributed by atoms with Crippen molar-refractivity contribution in [2.24, 2.45) is 0 Å². The number of pyridine rings is 1. The summed E-state index contributed by atoms with van der Waals surface area (Å²) in [6, 6.07) is 16.9. The molecular formula is C27H25N5O2S. The van der Waals surface area contributed by atoms with Gasteiger partial charge in [0.2, 0.25) is 5.91 Å². The van der Waals surface area contributed by atoms with Gasteiger partial charge in [-0.15, -0.1) is 11.3 Å². The number of benzene rings is 2. The van der Waals surface area contributed by atoms with E-state index < -0.39 is 6.04 Å². The number of aromatic nitrogens is 2. The van der Waals surface area contributed by atoms with Crippen molar-refractivity contribution in [1.82, 2.24) is 20.6 Å². The number of fused-ring (bicyclic) bond motifs is 1. The fourth-order valence-electron chi connectivity index (χ4n) is 4.26. The minimum absolute atomic E-state index is 0.358. The zero-order chi connectivity index (χ0) is 24.0. The van der Waals surface area contributed by atoms with E-state index in [1.165, 1.54) is 11.3 Å². The van der Waals surface area contributed by atoms with Crippen molar-refractivity contribution >= 4 is 28.8 Å². The number of carbonyl (C=O) groups excluding carboxylic acids is 2. The molecule has 1 aliphatic rings. The van der Waals surface area contributed by atoms with Crippen molar-refractivity contribution in [2.45, 2.75) is 25.4 Å². The molecule has 1 aliphatic heterocycles. The Hall–Kier alpha value is -3.88. The molecule has 0 aliphatic carbocycles. The van der Waals surface area contributed by atoms with E-state index in [-0.39, 0.29) is 11.8 Å². The molecule has 1 unspecified atom stereocenters. The van der Waals surface area contributed by atoms with Gasteiger partial charge in [-0.2, -0.15) is 0 Å². The Morgan fingerprint density at radius 2 is 1.89 bits per heavy atom. The maximum absolute atomic E-state index is 13.4. The first-order chi connectivity index (χ1) is 17.2. The molecule has 3 heterocycles. The topological polar surface area (TPSA) is 96.0 Å². The summed E-state index contributed by atoms with van der Waals surface area (Å²) in [5.41, 5.74) is 7.88.